The summed E-state index contributed by atoms with van der Waals surface area (Å²) in [5.74, 6) is -1.07. The van der Waals surface area contributed by atoms with Gasteiger partial charge in [0.15, 0.2) is 0 Å². The predicted molar refractivity (Wildman–Crippen MR) is 81.8 cm³/mol. The molecule has 114 valence electrons. The molecule has 1 aromatic carbocycles. The van der Waals surface area contributed by atoms with Gasteiger partial charge >= 0.3 is 5.97 Å². The van der Waals surface area contributed by atoms with Crippen LogP contribution in [0, 0.1) is 5.92 Å². The number of nitrogens with zero attached hydrogens (tertiary/aromatic N) is 1. The summed E-state index contributed by atoms with van der Waals surface area (Å²) >= 11 is 6.17. The molecule has 7 heteroatoms. The highest BCUT2D eigenvalue weighted by atomic mass is 35.5. The quantitative estimate of drug-likeness (QED) is 0.737. The predicted octanol–water partition coefficient (Wildman–Crippen LogP) is 1.58. The molecule has 21 heavy (non-hydrogen) atoms. The second-order valence-electron chi connectivity index (χ2n) is 5.08. The summed E-state index contributed by atoms with van der Waals surface area (Å²) in [4.78, 5) is 24.9. The van der Waals surface area contributed by atoms with Crippen molar-refractivity contribution < 1.29 is 14.7 Å². The lowest BCUT2D eigenvalue weighted by atomic mass is 9.95. The maximum absolute atomic E-state index is 11.6. The first-order valence-corrected chi connectivity index (χ1v) is 7.10. The van der Waals surface area contributed by atoms with Crippen LogP contribution >= 0.6 is 11.6 Å². The average Bonchev–Trinajstić information content (AvgIpc) is 2.46. The third-order valence-corrected chi connectivity index (χ3v) is 4.03. The molecule has 0 atom stereocenters. The summed E-state index contributed by atoms with van der Waals surface area (Å²) in [5.41, 5.74) is 6.55. The molecule has 1 fully saturated rings. The molecule has 1 aliphatic heterocycles. The van der Waals surface area contributed by atoms with Crippen LogP contribution in [0.1, 0.15) is 23.2 Å². The standard InChI is InChI=1S/C14H18ClN3O3/c1-17-13(19)8-2-4-18(5-3-8)12-10(14(20)21)6-9(16)7-11(12)15/h6-8H,2-5,16H2,1H3,(H,17,19)(H,20,21). The number of nitrogens with one attached hydrogen (secondary N) is 1. The number of nitrogen functional groups attached to an aromatic ring is 1. The van der Waals surface area contributed by atoms with Crippen molar-refractivity contribution in [1.82, 2.24) is 5.32 Å². The van der Waals surface area contributed by atoms with Gasteiger partial charge in [-0.2, -0.15) is 0 Å². The Bertz CT molecular complexity index is 569. The Morgan fingerprint density at radius 3 is 2.52 bits per heavy atom. The minimum Gasteiger partial charge on any atom is -0.478 e. The van der Waals surface area contributed by atoms with Gasteiger partial charge in [0.25, 0.3) is 0 Å². The fourth-order valence-corrected chi connectivity index (χ4v) is 3.02. The topological polar surface area (TPSA) is 95.7 Å². The molecule has 4 N–H and O–H groups in total. The van der Waals surface area contributed by atoms with Crippen molar-refractivity contribution in [1.29, 1.82) is 0 Å². The van der Waals surface area contributed by atoms with Crippen molar-refractivity contribution in [3.8, 4) is 0 Å². The van der Waals surface area contributed by atoms with Crippen LogP contribution in [0.2, 0.25) is 5.02 Å². The van der Waals surface area contributed by atoms with E-state index in [1.165, 1.54) is 6.07 Å². The molecule has 0 spiro atoms. The summed E-state index contributed by atoms with van der Waals surface area (Å²) in [5, 5.41) is 12.3. The molecule has 2 rings (SSSR count). The van der Waals surface area contributed by atoms with E-state index in [2.05, 4.69) is 5.32 Å². The van der Waals surface area contributed by atoms with Crippen LogP contribution in [-0.4, -0.2) is 37.1 Å². The molecular weight excluding hydrogens is 294 g/mol. The number of carboxylic acid groups (broad SMARTS) is 1. The number of rotatable bonds is 3. The molecular formula is C14H18ClN3O3. The van der Waals surface area contributed by atoms with Gasteiger partial charge in [-0.1, -0.05) is 11.6 Å². The zero-order valence-electron chi connectivity index (χ0n) is 11.7. The average molecular weight is 312 g/mol. The molecule has 6 nitrogen and oxygen atoms in total. The van der Waals surface area contributed by atoms with E-state index in [1.807, 2.05) is 4.90 Å². The van der Waals surface area contributed by atoms with Crippen molar-refractivity contribution in [2.45, 2.75) is 12.8 Å². The normalized spacial score (nSPS) is 15.8. The maximum Gasteiger partial charge on any atom is 0.337 e. The molecule has 1 aromatic rings. The number of aromatic carboxylic acids is 1. The summed E-state index contributed by atoms with van der Waals surface area (Å²) in [7, 11) is 1.62. The van der Waals surface area contributed by atoms with E-state index < -0.39 is 5.97 Å². The first kappa shape index (κ1) is 15.4. The second-order valence-corrected chi connectivity index (χ2v) is 5.49. The highest BCUT2D eigenvalue weighted by molar-refractivity contribution is 6.34. The van der Waals surface area contributed by atoms with E-state index in [-0.39, 0.29) is 17.4 Å². The van der Waals surface area contributed by atoms with Gasteiger partial charge in [0.1, 0.15) is 0 Å². The third-order valence-electron chi connectivity index (χ3n) is 3.74. The molecule has 0 radical (unpaired) electrons. The number of carboxylic acids is 1. The number of benzene rings is 1. The highest BCUT2D eigenvalue weighted by Gasteiger charge is 2.28. The Labute approximate surface area is 127 Å². The molecule has 0 aliphatic carbocycles. The summed E-state index contributed by atoms with van der Waals surface area (Å²) in [6.45, 7) is 1.17. The Kier molecular flexibility index (Phi) is 4.57. The monoisotopic (exact) mass is 311 g/mol. The molecule has 1 heterocycles. The zero-order chi connectivity index (χ0) is 15.6. The van der Waals surface area contributed by atoms with Crippen molar-refractivity contribution in [2.75, 3.05) is 30.8 Å². The van der Waals surface area contributed by atoms with Crippen molar-refractivity contribution in [3.63, 3.8) is 0 Å². The van der Waals surface area contributed by atoms with E-state index in [9.17, 15) is 14.7 Å². The van der Waals surface area contributed by atoms with Crippen LogP contribution in [0.25, 0.3) is 0 Å². The van der Waals surface area contributed by atoms with Crippen LogP contribution in [0.15, 0.2) is 12.1 Å². The van der Waals surface area contributed by atoms with E-state index in [0.29, 0.717) is 42.3 Å². The minimum absolute atomic E-state index is 0.0245. The van der Waals surface area contributed by atoms with Gasteiger partial charge in [0.05, 0.1) is 16.3 Å². The largest absolute Gasteiger partial charge is 0.478 e. The van der Waals surface area contributed by atoms with Gasteiger partial charge in [0, 0.05) is 31.7 Å². The van der Waals surface area contributed by atoms with Gasteiger partial charge in [0.2, 0.25) is 5.91 Å². The highest BCUT2D eigenvalue weighted by Crippen LogP contribution is 2.35. The maximum atomic E-state index is 11.6. The van der Waals surface area contributed by atoms with Gasteiger partial charge < -0.3 is 21.1 Å². The number of halogens is 1. The molecule has 0 saturated carbocycles. The number of carbonyl (C=O) groups is 2. The van der Waals surface area contributed by atoms with Crippen molar-refractivity contribution >= 4 is 34.9 Å². The van der Waals surface area contributed by atoms with Gasteiger partial charge in [-0.3, -0.25) is 4.79 Å². The number of carbonyl (C=O) groups excluding carboxylic acids is 1. The van der Waals surface area contributed by atoms with Gasteiger partial charge in [-0.15, -0.1) is 0 Å². The number of piperidine rings is 1. The summed E-state index contributed by atoms with van der Waals surface area (Å²) < 4.78 is 0. The van der Waals surface area contributed by atoms with E-state index in [4.69, 9.17) is 17.3 Å². The third kappa shape index (κ3) is 3.21. The van der Waals surface area contributed by atoms with Crippen LogP contribution in [0.4, 0.5) is 11.4 Å². The van der Waals surface area contributed by atoms with Gasteiger partial charge in [-0.25, -0.2) is 4.79 Å². The first-order valence-electron chi connectivity index (χ1n) is 6.73. The molecule has 0 bridgehead atoms. The Morgan fingerprint density at radius 1 is 1.38 bits per heavy atom. The number of hydrogen-bond donors (Lipinski definition) is 3. The number of nitrogens with two attached hydrogens (primary N) is 1. The van der Waals surface area contributed by atoms with E-state index in [1.54, 1.807) is 13.1 Å². The van der Waals surface area contributed by atoms with E-state index >= 15 is 0 Å². The van der Waals surface area contributed by atoms with Crippen molar-refractivity contribution in [3.05, 3.63) is 22.7 Å². The fourth-order valence-electron chi connectivity index (χ4n) is 2.67. The smallest absolute Gasteiger partial charge is 0.337 e. The van der Waals surface area contributed by atoms with Crippen LogP contribution in [-0.2, 0) is 4.79 Å². The lowest BCUT2D eigenvalue weighted by Gasteiger charge is -2.34. The van der Waals surface area contributed by atoms with Gasteiger partial charge in [-0.05, 0) is 25.0 Å². The molecule has 0 unspecified atom stereocenters. The Morgan fingerprint density at radius 2 is 2.00 bits per heavy atom. The lowest BCUT2D eigenvalue weighted by molar-refractivity contribution is -0.125. The number of anilines is 2. The SMILES string of the molecule is CNC(=O)C1CCN(c2c(Cl)cc(N)cc2C(=O)O)CC1. The van der Waals surface area contributed by atoms with Crippen molar-refractivity contribution in [2.24, 2.45) is 5.92 Å². The van der Waals surface area contributed by atoms with Crippen LogP contribution < -0.4 is 16.0 Å². The number of hydrogen-bond acceptors (Lipinski definition) is 4. The lowest BCUT2D eigenvalue weighted by Crippen LogP contribution is -2.40. The fraction of sp³-hybridized carbons (Fsp3) is 0.429. The minimum atomic E-state index is -1.06. The number of amides is 1. The molecule has 1 amide bonds. The molecule has 1 aliphatic rings. The van der Waals surface area contributed by atoms with Crippen LogP contribution in [0.5, 0.6) is 0 Å². The van der Waals surface area contributed by atoms with E-state index in [0.717, 1.165) is 0 Å². The van der Waals surface area contributed by atoms with Crippen LogP contribution in [0.3, 0.4) is 0 Å². The first-order chi connectivity index (χ1) is 9.93. The summed E-state index contributed by atoms with van der Waals surface area (Å²) in [6, 6.07) is 2.96. The molecule has 0 aromatic heterocycles. The Hall–Kier alpha value is -1.95. The summed E-state index contributed by atoms with van der Waals surface area (Å²) in [6.07, 6.45) is 1.33. The Balaban J connectivity index is 2.24. The zero-order valence-corrected chi connectivity index (χ0v) is 12.5. The second kappa shape index (κ2) is 6.22. The molecule has 1 saturated heterocycles.